The third-order valence-electron chi connectivity index (χ3n) is 1.38. The fraction of sp³-hybridized carbons (Fsp3) is 1.00. The van der Waals surface area contributed by atoms with Gasteiger partial charge in [-0.1, -0.05) is 0 Å². The first-order valence-electron chi connectivity index (χ1n) is 4.12. The van der Waals surface area contributed by atoms with Crippen molar-refractivity contribution in [2.24, 2.45) is 0 Å². The first-order valence-corrected chi connectivity index (χ1v) is 5.61. The Bertz CT molecular complexity index is 183. The number of aliphatic hydroxyl groups is 4. The molecule has 0 aliphatic rings. The lowest BCUT2D eigenvalue weighted by molar-refractivity contribution is -0.00473. The van der Waals surface area contributed by atoms with Crippen molar-refractivity contribution in [1.82, 2.24) is 0 Å². The molecule has 5 N–H and O–H groups in total. The van der Waals surface area contributed by atoms with Crippen LogP contribution >= 0.6 is 7.82 Å². The van der Waals surface area contributed by atoms with Crippen LogP contribution in [-0.4, -0.2) is 64.0 Å². The second-order valence-electron chi connectivity index (χ2n) is 2.65. The summed E-state index contributed by atoms with van der Waals surface area (Å²) in [6.07, 6.45) is -2.50. The lowest BCUT2D eigenvalue weighted by Crippen LogP contribution is -2.25. The molecule has 15 heavy (non-hydrogen) atoms. The van der Waals surface area contributed by atoms with E-state index in [9.17, 15) is 4.57 Å². The van der Waals surface area contributed by atoms with E-state index in [-0.39, 0.29) is 0 Å². The first kappa shape index (κ1) is 14.9. The van der Waals surface area contributed by atoms with Crippen LogP contribution in [0.5, 0.6) is 0 Å². The van der Waals surface area contributed by atoms with E-state index in [2.05, 4.69) is 9.05 Å². The van der Waals surface area contributed by atoms with Crippen molar-refractivity contribution >= 4 is 7.82 Å². The molecule has 8 nitrogen and oxygen atoms in total. The topological polar surface area (TPSA) is 137 Å². The number of rotatable bonds is 8. The van der Waals surface area contributed by atoms with Gasteiger partial charge in [0.2, 0.25) is 0 Å². The van der Waals surface area contributed by atoms with Gasteiger partial charge < -0.3 is 25.3 Å². The minimum absolute atomic E-state index is 0.659. The maximum atomic E-state index is 11.1. The van der Waals surface area contributed by atoms with Crippen LogP contribution in [0.1, 0.15) is 0 Å². The van der Waals surface area contributed by atoms with Crippen molar-refractivity contribution in [3.05, 3.63) is 0 Å². The van der Waals surface area contributed by atoms with Gasteiger partial charge in [-0.2, -0.15) is 0 Å². The summed E-state index contributed by atoms with van der Waals surface area (Å²) < 4.78 is 19.8. The van der Waals surface area contributed by atoms with Crippen molar-refractivity contribution in [3.63, 3.8) is 0 Å². The zero-order valence-electron chi connectivity index (χ0n) is 7.89. The van der Waals surface area contributed by atoms with Gasteiger partial charge in [0, 0.05) is 0 Å². The van der Waals surface area contributed by atoms with Crippen LogP contribution < -0.4 is 0 Å². The van der Waals surface area contributed by atoms with Gasteiger partial charge in [-0.15, -0.1) is 0 Å². The number of phosphoric acid groups is 1. The van der Waals surface area contributed by atoms with E-state index < -0.39 is 46.5 Å². The van der Waals surface area contributed by atoms with Crippen LogP contribution in [-0.2, 0) is 13.6 Å². The highest BCUT2D eigenvalue weighted by atomic mass is 31.2. The minimum Gasteiger partial charge on any atom is -0.394 e. The van der Waals surface area contributed by atoms with Crippen LogP contribution in [0.3, 0.4) is 0 Å². The average molecular weight is 246 g/mol. The Morgan fingerprint density at radius 2 is 1.13 bits per heavy atom. The maximum absolute atomic E-state index is 11.1. The summed E-state index contributed by atoms with van der Waals surface area (Å²) >= 11 is 0. The summed E-state index contributed by atoms with van der Waals surface area (Å²) in [6, 6.07) is 0. The quantitative estimate of drug-likeness (QED) is 0.305. The van der Waals surface area contributed by atoms with Gasteiger partial charge in [0.1, 0.15) is 12.2 Å². The molecule has 0 aromatic carbocycles. The van der Waals surface area contributed by atoms with E-state index in [0.29, 0.717) is 0 Å². The van der Waals surface area contributed by atoms with Gasteiger partial charge in [-0.25, -0.2) is 4.57 Å². The summed E-state index contributed by atoms with van der Waals surface area (Å²) in [5.74, 6) is 0. The molecule has 92 valence electrons. The Morgan fingerprint density at radius 3 is 1.33 bits per heavy atom. The van der Waals surface area contributed by atoms with E-state index >= 15 is 0 Å². The van der Waals surface area contributed by atoms with Gasteiger partial charge >= 0.3 is 7.82 Å². The van der Waals surface area contributed by atoms with Crippen molar-refractivity contribution in [2.75, 3.05) is 26.4 Å². The maximum Gasteiger partial charge on any atom is 0.473 e. The number of hydrogen-bond acceptors (Lipinski definition) is 7. The number of hydrogen-bond donors (Lipinski definition) is 5. The molecular formula is C6H15O8P. The molecule has 0 amide bonds. The molecule has 0 saturated carbocycles. The van der Waals surface area contributed by atoms with Crippen LogP contribution in [0.15, 0.2) is 0 Å². The van der Waals surface area contributed by atoms with E-state index in [4.69, 9.17) is 25.3 Å². The van der Waals surface area contributed by atoms with E-state index in [1.807, 2.05) is 0 Å². The zero-order chi connectivity index (χ0) is 11.9. The summed E-state index contributed by atoms with van der Waals surface area (Å²) in [5, 5.41) is 34.3. The molecule has 0 spiro atoms. The SMILES string of the molecule is O=P(O)(OC(CO)CO)OC(CO)CO. The highest BCUT2D eigenvalue weighted by molar-refractivity contribution is 7.47. The smallest absolute Gasteiger partial charge is 0.394 e. The second-order valence-corrected chi connectivity index (χ2v) is 4.01. The van der Waals surface area contributed by atoms with Crippen molar-refractivity contribution in [3.8, 4) is 0 Å². The molecule has 0 aliphatic carbocycles. The minimum atomic E-state index is -4.51. The van der Waals surface area contributed by atoms with Gasteiger partial charge in [0.05, 0.1) is 26.4 Å². The normalized spacial score (nSPS) is 12.7. The van der Waals surface area contributed by atoms with Gasteiger partial charge in [-0.3, -0.25) is 9.05 Å². The lowest BCUT2D eigenvalue weighted by Gasteiger charge is -2.20. The molecular weight excluding hydrogens is 231 g/mol. The molecule has 0 rings (SSSR count). The summed E-state index contributed by atoms with van der Waals surface area (Å²) in [7, 11) is -4.51. The molecule has 0 aromatic rings. The highest BCUT2D eigenvalue weighted by Crippen LogP contribution is 2.45. The summed E-state index contributed by atoms with van der Waals surface area (Å²) in [5.41, 5.74) is 0. The molecule has 0 heterocycles. The number of phosphoric ester groups is 1. The molecule has 0 radical (unpaired) electrons. The molecule has 0 bridgehead atoms. The van der Waals surface area contributed by atoms with E-state index in [1.54, 1.807) is 0 Å². The van der Waals surface area contributed by atoms with Gasteiger partial charge in [0.15, 0.2) is 0 Å². The van der Waals surface area contributed by atoms with Crippen LogP contribution in [0.4, 0.5) is 0 Å². The Morgan fingerprint density at radius 1 is 0.867 bits per heavy atom. The van der Waals surface area contributed by atoms with E-state index in [0.717, 1.165) is 0 Å². The first-order chi connectivity index (χ1) is 6.99. The Labute approximate surface area is 86.3 Å². The van der Waals surface area contributed by atoms with E-state index in [1.165, 1.54) is 0 Å². The van der Waals surface area contributed by atoms with Crippen LogP contribution in [0, 0.1) is 0 Å². The molecule has 9 heteroatoms. The van der Waals surface area contributed by atoms with Crippen molar-refractivity contribution in [2.45, 2.75) is 12.2 Å². The molecule has 0 aromatic heterocycles. The molecule has 0 unspecified atom stereocenters. The molecule has 0 atom stereocenters. The summed E-state index contributed by atoms with van der Waals surface area (Å²) in [6.45, 7) is -2.64. The molecule has 0 fully saturated rings. The predicted molar refractivity (Wildman–Crippen MR) is 47.9 cm³/mol. The Kier molecular flexibility index (Phi) is 7.24. The Hall–Kier alpha value is -0.0500. The third kappa shape index (κ3) is 6.18. The zero-order valence-corrected chi connectivity index (χ0v) is 8.79. The van der Waals surface area contributed by atoms with Gasteiger partial charge in [0.25, 0.3) is 0 Å². The lowest BCUT2D eigenvalue weighted by atomic mass is 10.4. The predicted octanol–water partition coefficient (Wildman–Crippen LogP) is -2.17. The van der Waals surface area contributed by atoms with Crippen LogP contribution in [0.25, 0.3) is 0 Å². The number of aliphatic hydroxyl groups excluding tert-OH is 4. The standard InChI is InChI=1S/C6H15O8P/c7-1-5(2-8)13-15(11,12)14-6(3-9)4-10/h5-10H,1-4H2,(H,11,12). The largest absolute Gasteiger partial charge is 0.473 e. The van der Waals surface area contributed by atoms with Crippen LogP contribution in [0.2, 0.25) is 0 Å². The second kappa shape index (κ2) is 7.26. The fourth-order valence-electron chi connectivity index (χ4n) is 0.650. The molecule has 0 aliphatic heterocycles. The van der Waals surface area contributed by atoms with Crippen molar-refractivity contribution < 1.29 is 38.9 Å². The fourth-order valence-corrected chi connectivity index (χ4v) is 1.72. The average Bonchev–Trinajstić information content (AvgIpc) is 2.22. The third-order valence-corrected chi connectivity index (χ3v) is 2.51. The highest BCUT2D eigenvalue weighted by Gasteiger charge is 2.29. The molecule has 0 saturated heterocycles. The van der Waals surface area contributed by atoms with Crippen molar-refractivity contribution in [1.29, 1.82) is 0 Å². The monoisotopic (exact) mass is 246 g/mol. The Balaban J connectivity index is 4.21. The summed E-state index contributed by atoms with van der Waals surface area (Å²) in [4.78, 5) is 9.05. The van der Waals surface area contributed by atoms with Gasteiger partial charge in [-0.05, 0) is 0 Å².